The molecule has 2 atom stereocenters. The van der Waals surface area contributed by atoms with Crippen molar-refractivity contribution in [2.24, 2.45) is 0 Å². The fourth-order valence-electron chi connectivity index (χ4n) is 2.38. The molecule has 1 saturated carbocycles. The van der Waals surface area contributed by atoms with Gasteiger partial charge in [0.15, 0.2) is 0 Å². The third-order valence-electron chi connectivity index (χ3n) is 3.16. The van der Waals surface area contributed by atoms with Gasteiger partial charge in [0.05, 0.1) is 0 Å². The molecular weight excluding hydrogens is 174 g/mol. The molecule has 0 unspecified atom stereocenters. The van der Waals surface area contributed by atoms with Crippen LogP contribution in [0, 0.1) is 0 Å². The van der Waals surface area contributed by atoms with Gasteiger partial charge in [0.1, 0.15) is 0 Å². The Balaban J connectivity index is 2.15. The van der Waals surface area contributed by atoms with Crippen molar-refractivity contribution in [3.8, 4) is 0 Å². The first-order chi connectivity index (χ1) is 6.92. The van der Waals surface area contributed by atoms with Gasteiger partial charge < -0.3 is 5.21 Å². The summed E-state index contributed by atoms with van der Waals surface area (Å²) < 4.78 is 0. The summed E-state index contributed by atoms with van der Waals surface area (Å²) in [6.07, 6.45) is 4.76. The monoisotopic (exact) mass is 191 g/mol. The van der Waals surface area contributed by atoms with Crippen LogP contribution in [-0.2, 0) is 0 Å². The highest BCUT2D eigenvalue weighted by Gasteiger charge is 2.25. The van der Waals surface area contributed by atoms with Crippen LogP contribution in [0.2, 0.25) is 0 Å². The molecule has 2 N–H and O–H groups in total. The molecule has 14 heavy (non-hydrogen) atoms. The van der Waals surface area contributed by atoms with Crippen LogP contribution in [0.4, 0.5) is 0 Å². The summed E-state index contributed by atoms with van der Waals surface area (Å²) in [4.78, 5) is 0. The molecule has 1 aliphatic carbocycles. The second-order valence-corrected chi connectivity index (χ2v) is 4.04. The van der Waals surface area contributed by atoms with Crippen molar-refractivity contribution < 1.29 is 5.21 Å². The summed E-state index contributed by atoms with van der Waals surface area (Å²) in [5.74, 6) is 0.481. The zero-order valence-corrected chi connectivity index (χ0v) is 8.32. The summed E-state index contributed by atoms with van der Waals surface area (Å²) in [7, 11) is 0. The van der Waals surface area contributed by atoms with Gasteiger partial charge in [0, 0.05) is 12.0 Å². The second kappa shape index (κ2) is 4.58. The normalized spacial score (nSPS) is 27.5. The molecule has 76 valence electrons. The maximum absolute atomic E-state index is 9.07. The Labute approximate surface area is 84.9 Å². The lowest BCUT2D eigenvalue weighted by Crippen LogP contribution is -2.34. The minimum Gasteiger partial charge on any atom is -0.317 e. The SMILES string of the molecule is ON[C@H]1CCCC[C@H]1c1ccccc1. The van der Waals surface area contributed by atoms with E-state index >= 15 is 0 Å². The molecule has 2 heteroatoms. The van der Waals surface area contributed by atoms with E-state index in [1.54, 1.807) is 0 Å². The molecule has 0 saturated heterocycles. The van der Waals surface area contributed by atoms with Gasteiger partial charge in [-0.3, -0.25) is 0 Å². The van der Waals surface area contributed by atoms with Crippen molar-refractivity contribution >= 4 is 0 Å². The first-order valence-corrected chi connectivity index (χ1v) is 5.36. The highest BCUT2D eigenvalue weighted by molar-refractivity contribution is 5.21. The van der Waals surface area contributed by atoms with Gasteiger partial charge in [-0.1, -0.05) is 43.2 Å². The van der Waals surface area contributed by atoms with E-state index in [1.807, 2.05) is 6.07 Å². The van der Waals surface area contributed by atoms with Crippen molar-refractivity contribution in [1.82, 2.24) is 5.48 Å². The third-order valence-corrected chi connectivity index (χ3v) is 3.16. The van der Waals surface area contributed by atoms with Gasteiger partial charge >= 0.3 is 0 Å². The molecule has 0 aliphatic heterocycles. The molecule has 0 aromatic heterocycles. The zero-order chi connectivity index (χ0) is 9.80. The van der Waals surface area contributed by atoms with Crippen molar-refractivity contribution in [3.05, 3.63) is 35.9 Å². The zero-order valence-electron chi connectivity index (χ0n) is 8.32. The summed E-state index contributed by atoms with van der Waals surface area (Å²) in [6.45, 7) is 0. The predicted molar refractivity (Wildman–Crippen MR) is 56.4 cm³/mol. The van der Waals surface area contributed by atoms with Crippen LogP contribution in [-0.4, -0.2) is 11.2 Å². The number of hydrogen-bond donors (Lipinski definition) is 2. The van der Waals surface area contributed by atoms with Crippen molar-refractivity contribution in [2.75, 3.05) is 0 Å². The fraction of sp³-hybridized carbons (Fsp3) is 0.500. The molecule has 0 amide bonds. The van der Waals surface area contributed by atoms with E-state index in [0.29, 0.717) is 5.92 Å². The van der Waals surface area contributed by atoms with Gasteiger partial charge in [-0.15, -0.1) is 0 Å². The van der Waals surface area contributed by atoms with Gasteiger partial charge in [-0.2, -0.15) is 0 Å². The van der Waals surface area contributed by atoms with Crippen LogP contribution in [0.15, 0.2) is 30.3 Å². The Hall–Kier alpha value is -0.860. The van der Waals surface area contributed by atoms with Gasteiger partial charge in [-0.05, 0) is 18.4 Å². The molecule has 2 nitrogen and oxygen atoms in total. The maximum Gasteiger partial charge on any atom is 0.0388 e. The lowest BCUT2D eigenvalue weighted by atomic mass is 9.80. The number of nitrogens with one attached hydrogen (secondary N) is 1. The van der Waals surface area contributed by atoms with E-state index in [4.69, 9.17) is 5.21 Å². The average Bonchev–Trinajstić information content (AvgIpc) is 2.30. The molecule has 0 spiro atoms. The highest BCUT2D eigenvalue weighted by Crippen LogP contribution is 2.32. The number of rotatable bonds is 2. The molecule has 1 fully saturated rings. The Morgan fingerprint density at radius 2 is 1.79 bits per heavy atom. The smallest absolute Gasteiger partial charge is 0.0388 e. The number of hydroxylamine groups is 1. The van der Waals surface area contributed by atoms with Crippen LogP contribution in [0.3, 0.4) is 0 Å². The van der Waals surface area contributed by atoms with Crippen LogP contribution in [0.25, 0.3) is 0 Å². The molecule has 0 heterocycles. The average molecular weight is 191 g/mol. The van der Waals surface area contributed by atoms with Gasteiger partial charge in [0.25, 0.3) is 0 Å². The number of hydrogen-bond acceptors (Lipinski definition) is 2. The Morgan fingerprint density at radius 3 is 2.50 bits per heavy atom. The largest absolute Gasteiger partial charge is 0.317 e. The topological polar surface area (TPSA) is 32.3 Å². The highest BCUT2D eigenvalue weighted by atomic mass is 16.5. The molecule has 1 aromatic carbocycles. The fourth-order valence-corrected chi connectivity index (χ4v) is 2.38. The third kappa shape index (κ3) is 1.97. The van der Waals surface area contributed by atoms with Gasteiger partial charge in [-0.25, -0.2) is 5.48 Å². The number of benzene rings is 1. The quantitative estimate of drug-likeness (QED) is 0.704. The van der Waals surface area contributed by atoms with Crippen molar-refractivity contribution in [3.63, 3.8) is 0 Å². The maximum atomic E-state index is 9.07. The Kier molecular flexibility index (Phi) is 3.17. The minimum absolute atomic E-state index is 0.242. The van der Waals surface area contributed by atoms with E-state index in [2.05, 4.69) is 29.7 Å². The van der Waals surface area contributed by atoms with Crippen LogP contribution >= 0.6 is 0 Å². The summed E-state index contributed by atoms with van der Waals surface area (Å²) in [6, 6.07) is 10.7. The van der Waals surface area contributed by atoms with Crippen molar-refractivity contribution in [2.45, 2.75) is 37.6 Å². The predicted octanol–water partition coefficient (Wildman–Crippen LogP) is 2.69. The van der Waals surface area contributed by atoms with E-state index in [1.165, 1.54) is 24.8 Å². The summed E-state index contributed by atoms with van der Waals surface area (Å²) >= 11 is 0. The molecule has 1 aliphatic rings. The van der Waals surface area contributed by atoms with E-state index in [0.717, 1.165) is 6.42 Å². The van der Waals surface area contributed by atoms with E-state index in [-0.39, 0.29) is 6.04 Å². The van der Waals surface area contributed by atoms with E-state index < -0.39 is 0 Å². The lowest BCUT2D eigenvalue weighted by molar-refractivity contribution is 0.0953. The second-order valence-electron chi connectivity index (χ2n) is 4.04. The first kappa shape index (κ1) is 9.69. The molecule has 0 bridgehead atoms. The lowest BCUT2D eigenvalue weighted by Gasteiger charge is -2.30. The van der Waals surface area contributed by atoms with Crippen LogP contribution < -0.4 is 5.48 Å². The molecule has 2 rings (SSSR count). The van der Waals surface area contributed by atoms with E-state index in [9.17, 15) is 0 Å². The summed E-state index contributed by atoms with van der Waals surface area (Å²) in [5, 5.41) is 9.07. The van der Waals surface area contributed by atoms with Gasteiger partial charge in [0.2, 0.25) is 0 Å². The Bertz CT molecular complexity index is 273. The molecular formula is C12H17NO. The van der Waals surface area contributed by atoms with Crippen LogP contribution in [0.5, 0.6) is 0 Å². The standard InChI is InChI=1S/C12H17NO/c14-13-12-9-5-4-8-11(12)10-6-2-1-3-7-10/h1-3,6-7,11-14H,4-5,8-9H2/t11-,12-/m0/s1. The summed E-state index contributed by atoms with van der Waals surface area (Å²) in [5.41, 5.74) is 3.80. The molecule has 1 aromatic rings. The molecule has 0 radical (unpaired) electrons. The van der Waals surface area contributed by atoms with Crippen molar-refractivity contribution in [1.29, 1.82) is 0 Å². The van der Waals surface area contributed by atoms with Crippen LogP contribution in [0.1, 0.15) is 37.2 Å². The Morgan fingerprint density at radius 1 is 1.07 bits per heavy atom. The minimum atomic E-state index is 0.242. The first-order valence-electron chi connectivity index (χ1n) is 5.36.